The lowest BCUT2D eigenvalue weighted by Crippen LogP contribution is -2.51. The highest BCUT2D eigenvalue weighted by molar-refractivity contribution is 5.78. The highest BCUT2D eigenvalue weighted by atomic mass is 16.2. The van der Waals surface area contributed by atoms with Gasteiger partial charge in [0.2, 0.25) is 5.91 Å². The van der Waals surface area contributed by atoms with Crippen molar-refractivity contribution in [2.24, 2.45) is 0 Å². The lowest BCUT2D eigenvalue weighted by Gasteiger charge is -2.31. The van der Waals surface area contributed by atoms with Gasteiger partial charge in [0, 0.05) is 39.6 Å². The Morgan fingerprint density at radius 3 is 3.00 bits per heavy atom. The minimum Gasteiger partial charge on any atom is -0.344 e. The maximum atomic E-state index is 11.7. The van der Waals surface area contributed by atoms with Crippen LogP contribution >= 0.6 is 0 Å². The van der Waals surface area contributed by atoms with E-state index in [-0.39, 0.29) is 18.0 Å². The van der Waals surface area contributed by atoms with Crippen LogP contribution in [0.3, 0.4) is 0 Å². The number of likely N-dealkylation sites (tertiary alicyclic amines) is 1. The Balaban J connectivity index is 2.40. The first-order chi connectivity index (χ1) is 7.54. The number of amides is 3. The molecule has 1 aliphatic rings. The third-order valence-electron chi connectivity index (χ3n) is 2.70. The van der Waals surface area contributed by atoms with Crippen molar-refractivity contribution in [3.8, 4) is 0 Å². The van der Waals surface area contributed by atoms with E-state index in [1.807, 2.05) is 0 Å². The second-order valence-corrected chi connectivity index (χ2v) is 4.13. The number of piperidine rings is 1. The average molecular weight is 225 g/mol. The summed E-state index contributed by atoms with van der Waals surface area (Å²) >= 11 is 0. The van der Waals surface area contributed by atoms with E-state index in [0.29, 0.717) is 19.5 Å². The molecular formula is C11H19N3O2. The van der Waals surface area contributed by atoms with Gasteiger partial charge < -0.3 is 15.1 Å². The molecule has 1 N–H and O–H groups in total. The lowest BCUT2D eigenvalue weighted by atomic mass is 10.1. The molecule has 0 aromatic rings. The van der Waals surface area contributed by atoms with Crippen LogP contribution in [0.25, 0.3) is 0 Å². The van der Waals surface area contributed by atoms with Crippen molar-refractivity contribution in [2.75, 3.05) is 27.2 Å². The van der Waals surface area contributed by atoms with Crippen LogP contribution < -0.4 is 5.32 Å². The number of hydrogen-bond acceptors (Lipinski definition) is 2. The molecule has 1 heterocycles. The largest absolute Gasteiger partial charge is 0.344 e. The molecule has 0 aliphatic carbocycles. The van der Waals surface area contributed by atoms with Crippen molar-refractivity contribution < 1.29 is 9.59 Å². The van der Waals surface area contributed by atoms with Crippen LogP contribution in [0.1, 0.15) is 12.8 Å². The van der Waals surface area contributed by atoms with E-state index in [1.54, 1.807) is 30.0 Å². The molecule has 0 saturated carbocycles. The Kier molecular flexibility index (Phi) is 4.34. The third kappa shape index (κ3) is 3.25. The molecule has 0 aromatic heterocycles. The monoisotopic (exact) mass is 225 g/mol. The summed E-state index contributed by atoms with van der Waals surface area (Å²) in [6.45, 7) is 4.69. The van der Waals surface area contributed by atoms with Crippen LogP contribution in [-0.4, -0.2) is 55.0 Å². The molecule has 1 atom stereocenters. The number of nitrogens with one attached hydrogen (secondary N) is 1. The SMILES string of the molecule is C=CCN(C)C(=O)N[C@H]1CCC(=O)N(C)C1. The molecule has 3 amide bonds. The minimum absolute atomic E-state index is 0.0578. The van der Waals surface area contributed by atoms with Crippen LogP contribution in [0.15, 0.2) is 12.7 Å². The van der Waals surface area contributed by atoms with Gasteiger partial charge in [-0.15, -0.1) is 6.58 Å². The summed E-state index contributed by atoms with van der Waals surface area (Å²) in [5, 5.41) is 2.90. The summed E-state index contributed by atoms with van der Waals surface area (Å²) in [4.78, 5) is 26.1. The van der Waals surface area contributed by atoms with Gasteiger partial charge in [0.1, 0.15) is 0 Å². The van der Waals surface area contributed by atoms with Gasteiger partial charge in [0.05, 0.1) is 0 Å². The summed E-state index contributed by atoms with van der Waals surface area (Å²) in [7, 11) is 3.48. The molecule has 16 heavy (non-hydrogen) atoms. The Morgan fingerprint density at radius 1 is 1.75 bits per heavy atom. The van der Waals surface area contributed by atoms with Crippen LogP contribution in [0.2, 0.25) is 0 Å². The Bertz CT molecular complexity index is 291. The van der Waals surface area contributed by atoms with Gasteiger partial charge in [-0.1, -0.05) is 6.08 Å². The Hall–Kier alpha value is -1.52. The minimum atomic E-state index is -0.118. The van der Waals surface area contributed by atoms with Gasteiger partial charge in [-0.05, 0) is 6.42 Å². The number of nitrogens with zero attached hydrogens (tertiary/aromatic N) is 2. The molecule has 5 nitrogen and oxygen atoms in total. The second-order valence-electron chi connectivity index (χ2n) is 4.13. The van der Waals surface area contributed by atoms with E-state index in [9.17, 15) is 9.59 Å². The third-order valence-corrected chi connectivity index (χ3v) is 2.70. The first kappa shape index (κ1) is 12.5. The Labute approximate surface area is 96.1 Å². The van der Waals surface area contributed by atoms with Crippen molar-refractivity contribution in [3.63, 3.8) is 0 Å². The topological polar surface area (TPSA) is 52.7 Å². The summed E-state index contributed by atoms with van der Waals surface area (Å²) in [6, 6.07) is -0.0601. The summed E-state index contributed by atoms with van der Waals surface area (Å²) in [6.07, 6.45) is 2.90. The number of carbonyl (C=O) groups excluding carboxylic acids is 2. The average Bonchev–Trinajstić information content (AvgIpc) is 2.24. The molecule has 90 valence electrons. The van der Waals surface area contributed by atoms with Gasteiger partial charge in [0.25, 0.3) is 0 Å². The molecule has 5 heteroatoms. The zero-order valence-electron chi connectivity index (χ0n) is 9.90. The maximum absolute atomic E-state index is 11.7. The van der Waals surface area contributed by atoms with E-state index in [0.717, 1.165) is 6.42 Å². The smallest absolute Gasteiger partial charge is 0.317 e. The van der Waals surface area contributed by atoms with Crippen LogP contribution in [-0.2, 0) is 4.79 Å². The van der Waals surface area contributed by atoms with E-state index >= 15 is 0 Å². The molecule has 0 bridgehead atoms. The van der Waals surface area contributed by atoms with Gasteiger partial charge in [-0.2, -0.15) is 0 Å². The zero-order chi connectivity index (χ0) is 12.1. The van der Waals surface area contributed by atoms with E-state index < -0.39 is 0 Å². The number of rotatable bonds is 3. The van der Waals surface area contributed by atoms with Gasteiger partial charge in [-0.3, -0.25) is 4.79 Å². The molecular weight excluding hydrogens is 206 g/mol. The van der Waals surface area contributed by atoms with E-state index in [1.165, 1.54) is 0 Å². The fraction of sp³-hybridized carbons (Fsp3) is 0.636. The molecule has 1 aliphatic heterocycles. The van der Waals surface area contributed by atoms with Crippen LogP contribution in [0.4, 0.5) is 4.79 Å². The molecule has 0 aromatic carbocycles. The lowest BCUT2D eigenvalue weighted by molar-refractivity contribution is -0.132. The van der Waals surface area contributed by atoms with Crippen molar-refractivity contribution in [3.05, 3.63) is 12.7 Å². The molecule has 1 fully saturated rings. The quantitative estimate of drug-likeness (QED) is 0.708. The second kappa shape index (κ2) is 5.53. The van der Waals surface area contributed by atoms with Crippen LogP contribution in [0.5, 0.6) is 0 Å². The predicted molar refractivity (Wildman–Crippen MR) is 62.0 cm³/mol. The predicted octanol–water partition coefficient (Wildman–Crippen LogP) is 0.435. The number of hydrogen-bond donors (Lipinski definition) is 1. The molecule has 1 saturated heterocycles. The number of urea groups is 1. The molecule has 1 rings (SSSR count). The van der Waals surface area contributed by atoms with Crippen LogP contribution in [0, 0.1) is 0 Å². The van der Waals surface area contributed by atoms with Gasteiger partial charge in [-0.25, -0.2) is 4.79 Å². The molecule has 0 unspecified atom stereocenters. The number of likely N-dealkylation sites (N-methyl/N-ethyl adjacent to an activating group) is 2. The highest BCUT2D eigenvalue weighted by Crippen LogP contribution is 2.09. The standard InChI is InChI=1S/C11H19N3O2/c1-4-7-13(2)11(16)12-9-5-6-10(15)14(3)8-9/h4,9H,1,5-8H2,2-3H3,(H,12,16)/t9-/m0/s1. The summed E-state index contributed by atoms with van der Waals surface area (Å²) in [5.74, 6) is 0.143. The number of carbonyl (C=O) groups is 2. The van der Waals surface area contributed by atoms with Crippen molar-refractivity contribution >= 4 is 11.9 Å². The fourth-order valence-corrected chi connectivity index (χ4v) is 1.69. The first-order valence-corrected chi connectivity index (χ1v) is 5.41. The van der Waals surface area contributed by atoms with Gasteiger partial charge >= 0.3 is 6.03 Å². The Morgan fingerprint density at radius 2 is 2.44 bits per heavy atom. The molecule has 0 radical (unpaired) electrons. The van der Waals surface area contributed by atoms with E-state index in [4.69, 9.17) is 0 Å². The molecule has 0 spiro atoms. The maximum Gasteiger partial charge on any atom is 0.317 e. The summed E-state index contributed by atoms with van der Waals surface area (Å²) in [5.41, 5.74) is 0. The van der Waals surface area contributed by atoms with Crippen molar-refractivity contribution in [1.29, 1.82) is 0 Å². The first-order valence-electron chi connectivity index (χ1n) is 5.41. The van der Waals surface area contributed by atoms with Gasteiger partial charge in [0.15, 0.2) is 0 Å². The highest BCUT2D eigenvalue weighted by Gasteiger charge is 2.24. The fourth-order valence-electron chi connectivity index (χ4n) is 1.69. The van der Waals surface area contributed by atoms with Crippen molar-refractivity contribution in [2.45, 2.75) is 18.9 Å². The van der Waals surface area contributed by atoms with E-state index in [2.05, 4.69) is 11.9 Å². The normalized spacial score (nSPS) is 20.5. The zero-order valence-corrected chi connectivity index (χ0v) is 9.90. The summed E-state index contributed by atoms with van der Waals surface area (Å²) < 4.78 is 0. The van der Waals surface area contributed by atoms with Crippen molar-refractivity contribution in [1.82, 2.24) is 15.1 Å².